The Balaban J connectivity index is 1.75. The van der Waals surface area contributed by atoms with Crippen molar-refractivity contribution in [3.63, 3.8) is 0 Å². The lowest BCUT2D eigenvalue weighted by Gasteiger charge is -2.20. The molecule has 1 heterocycles. The highest BCUT2D eigenvalue weighted by Gasteiger charge is 2.11. The van der Waals surface area contributed by atoms with E-state index in [-0.39, 0.29) is 11.4 Å². The van der Waals surface area contributed by atoms with Crippen LogP contribution in [0.5, 0.6) is 0 Å². The molecule has 1 aromatic heterocycles. The van der Waals surface area contributed by atoms with Gasteiger partial charge in [0.25, 0.3) is 0 Å². The Kier molecular flexibility index (Phi) is 6.95. The molecule has 2 aromatic rings. The zero-order valence-corrected chi connectivity index (χ0v) is 16.1. The number of amides is 1. The lowest BCUT2D eigenvalue weighted by atomic mass is 10.1. The Morgan fingerprint density at radius 2 is 1.92 bits per heavy atom. The Labute approximate surface area is 153 Å². The molecule has 1 aromatic carbocycles. The summed E-state index contributed by atoms with van der Waals surface area (Å²) in [6, 6.07) is 7.92. The number of thioether (sulfide) groups is 1. The molecule has 0 bridgehead atoms. The van der Waals surface area contributed by atoms with Crippen molar-refractivity contribution in [2.24, 2.45) is 0 Å². The van der Waals surface area contributed by atoms with Crippen LogP contribution in [-0.4, -0.2) is 50.5 Å². The van der Waals surface area contributed by atoms with E-state index in [0.717, 1.165) is 18.7 Å². The van der Waals surface area contributed by atoms with E-state index in [1.807, 2.05) is 31.2 Å². The zero-order chi connectivity index (χ0) is 18.3. The van der Waals surface area contributed by atoms with Gasteiger partial charge in [-0.2, -0.15) is 4.68 Å². The van der Waals surface area contributed by atoms with Crippen molar-refractivity contribution in [1.29, 1.82) is 0 Å². The fourth-order valence-electron chi connectivity index (χ4n) is 2.08. The summed E-state index contributed by atoms with van der Waals surface area (Å²) in [5.74, 6) is 0.276. The van der Waals surface area contributed by atoms with Gasteiger partial charge in [0.2, 0.25) is 11.1 Å². The van der Waals surface area contributed by atoms with Gasteiger partial charge in [-0.05, 0) is 63.2 Å². The molecule has 0 fully saturated rings. The van der Waals surface area contributed by atoms with Gasteiger partial charge in [-0.15, -0.1) is 5.10 Å². The predicted molar refractivity (Wildman–Crippen MR) is 100.0 cm³/mol. The number of hydrogen-bond donors (Lipinski definition) is 2. The highest BCUT2D eigenvalue weighted by molar-refractivity contribution is 7.99. The average Bonchev–Trinajstić information content (AvgIpc) is 3.01. The number of tetrazole rings is 1. The Morgan fingerprint density at radius 3 is 2.60 bits per heavy atom. The summed E-state index contributed by atoms with van der Waals surface area (Å²) < 4.78 is 1.64. The second-order valence-corrected chi connectivity index (χ2v) is 7.82. The number of carbonyl (C=O) groups excluding carboxylic acids is 1. The van der Waals surface area contributed by atoms with E-state index in [1.54, 1.807) is 4.68 Å². The van der Waals surface area contributed by atoms with Crippen molar-refractivity contribution in [2.45, 2.75) is 44.8 Å². The molecule has 0 saturated heterocycles. The molecule has 0 spiro atoms. The molecular formula is C17H26N6OS. The molecule has 1 amide bonds. The van der Waals surface area contributed by atoms with E-state index < -0.39 is 0 Å². The molecule has 136 valence electrons. The van der Waals surface area contributed by atoms with Crippen molar-refractivity contribution in [3.8, 4) is 5.69 Å². The highest BCUT2D eigenvalue weighted by Crippen LogP contribution is 2.18. The zero-order valence-electron chi connectivity index (χ0n) is 15.2. The number of aromatic nitrogens is 4. The first-order valence-corrected chi connectivity index (χ1v) is 9.34. The fourth-order valence-corrected chi connectivity index (χ4v) is 2.80. The largest absolute Gasteiger partial charge is 0.355 e. The summed E-state index contributed by atoms with van der Waals surface area (Å²) in [7, 11) is 0. The normalized spacial score (nSPS) is 11.5. The molecule has 0 atom stereocenters. The average molecular weight is 363 g/mol. The van der Waals surface area contributed by atoms with Gasteiger partial charge in [-0.1, -0.05) is 29.5 Å². The van der Waals surface area contributed by atoms with Crippen LogP contribution in [0.15, 0.2) is 29.4 Å². The first-order valence-electron chi connectivity index (χ1n) is 8.35. The molecule has 25 heavy (non-hydrogen) atoms. The van der Waals surface area contributed by atoms with E-state index in [9.17, 15) is 4.79 Å². The maximum atomic E-state index is 12.0. The molecular weight excluding hydrogens is 336 g/mol. The molecule has 0 aliphatic carbocycles. The molecule has 0 saturated carbocycles. The third-order valence-corrected chi connectivity index (χ3v) is 4.30. The second kappa shape index (κ2) is 8.96. The van der Waals surface area contributed by atoms with E-state index in [4.69, 9.17) is 0 Å². The predicted octanol–water partition coefficient (Wildman–Crippen LogP) is 1.96. The highest BCUT2D eigenvalue weighted by atomic mass is 32.2. The van der Waals surface area contributed by atoms with Gasteiger partial charge in [-0.3, -0.25) is 4.79 Å². The molecule has 0 aliphatic heterocycles. The number of nitrogens with one attached hydrogen (secondary N) is 2. The first kappa shape index (κ1) is 19.4. The van der Waals surface area contributed by atoms with Crippen molar-refractivity contribution in [2.75, 3.05) is 18.8 Å². The summed E-state index contributed by atoms with van der Waals surface area (Å²) in [4.78, 5) is 12.0. The monoisotopic (exact) mass is 362 g/mol. The standard InChI is InChI=1S/C17H26N6OS/c1-13-6-8-14(9-7-13)23-16(20-21-22-23)25-12-15(24)18-10-5-11-19-17(2,3)4/h6-9,19H,5,10-12H2,1-4H3,(H,18,24). The summed E-state index contributed by atoms with van der Waals surface area (Å²) in [6.07, 6.45) is 0.898. The molecule has 0 radical (unpaired) electrons. The van der Waals surface area contributed by atoms with Crippen LogP contribution in [0.2, 0.25) is 0 Å². The van der Waals surface area contributed by atoms with E-state index in [1.165, 1.54) is 17.3 Å². The summed E-state index contributed by atoms with van der Waals surface area (Å²) in [5, 5.41) is 18.6. The number of carbonyl (C=O) groups is 1. The van der Waals surface area contributed by atoms with Gasteiger partial charge in [0.1, 0.15) is 0 Å². The van der Waals surface area contributed by atoms with Crippen molar-refractivity contribution in [1.82, 2.24) is 30.8 Å². The van der Waals surface area contributed by atoms with Gasteiger partial charge >= 0.3 is 0 Å². The Morgan fingerprint density at radius 1 is 1.20 bits per heavy atom. The third-order valence-electron chi connectivity index (χ3n) is 3.38. The smallest absolute Gasteiger partial charge is 0.230 e. The maximum absolute atomic E-state index is 12.0. The van der Waals surface area contributed by atoms with Crippen molar-refractivity contribution < 1.29 is 4.79 Å². The second-order valence-electron chi connectivity index (χ2n) is 6.88. The summed E-state index contributed by atoms with van der Waals surface area (Å²) >= 11 is 1.33. The van der Waals surface area contributed by atoms with E-state index >= 15 is 0 Å². The number of nitrogens with zero attached hydrogens (tertiary/aromatic N) is 4. The van der Waals surface area contributed by atoms with Crippen LogP contribution >= 0.6 is 11.8 Å². The van der Waals surface area contributed by atoms with Crippen LogP contribution in [-0.2, 0) is 4.79 Å². The number of rotatable bonds is 8. The first-order chi connectivity index (χ1) is 11.8. The Hall–Kier alpha value is -1.93. The molecule has 0 aliphatic rings. The van der Waals surface area contributed by atoms with Crippen LogP contribution in [0.3, 0.4) is 0 Å². The molecule has 7 nitrogen and oxygen atoms in total. The van der Waals surface area contributed by atoms with Gasteiger partial charge < -0.3 is 10.6 Å². The van der Waals surface area contributed by atoms with Gasteiger partial charge in [0, 0.05) is 12.1 Å². The van der Waals surface area contributed by atoms with Crippen molar-refractivity contribution >= 4 is 17.7 Å². The van der Waals surface area contributed by atoms with Crippen LogP contribution in [0.4, 0.5) is 0 Å². The molecule has 2 rings (SSSR count). The minimum Gasteiger partial charge on any atom is -0.355 e. The minimum atomic E-state index is -0.0146. The number of hydrogen-bond acceptors (Lipinski definition) is 6. The van der Waals surface area contributed by atoms with E-state index in [2.05, 4.69) is 46.9 Å². The Bertz CT molecular complexity index is 677. The SMILES string of the molecule is Cc1ccc(-n2nnnc2SCC(=O)NCCCNC(C)(C)C)cc1. The van der Waals surface area contributed by atoms with Gasteiger partial charge in [-0.25, -0.2) is 0 Å². The molecule has 8 heteroatoms. The lowest BCUT2D eigenvalue weighted by molar-refractivity contribution is -0.118. The molecule has 0 unspecified atom stereocenters. The number of benzene rings is 1. The molecule has 2 N–H and O–H groups in total. The van der Waals surface area contributed by atoms with Crippen LogP contribution in [0, 0.1) is 6.92 Å². The maximum Gasteiger partial charge on any atom is 0.230 e. The summed E-state index contributed by atoms with van der Waals surface area (Å²) in [5.41, 5.74) is 2.16. The number of aryl methyl sites for hydroxylation is 1. The van der Waals surface area contributed by atoms with Gasteiger partial charge in [0.05, 0.1) is 11.4 Å². The summed E-state index contributed by atoms with van der Waals surface area (Å²) in [6.45, 7) is 9.94. The van der Waals surface area contributed by atoms with Crippen LogP contribution in [0.25, 0.3) is 5.69 Å². The lowest BCUT2D eigenvalue weighted by Crippen LogP contribution is -2.38. The third kappa shape index (κ3) is 6.83. The van der Waals surface area contributed by atoms with Crippen LogP contribution in [0.1, 0.15) is 32.8 Å². The van der Waals surface area contributed by atoms with Gasteiger partial charge in [0.15, 0.2) is 0 Å². The van der Waals surface area contributed by atoms with E-state index in [0.29, 0.717) is 17.5 Å². The quantitative estimate of drug-likeness (QED) is 0.552. The van der Waals surface area contributed by atoms with Crippen LogP contribution < -0.4 is 10.6 Å². The minimum absolute atomic E-state index is 0.0146. The topological polar surface area (TPSA) is 84.7 Å². The van der Waals surface area contributed by atoms with Crippen molar-refractivity contribution in [3.05, 3.63) is 29.8 Å². The fraction of sp³-hybridized carbons (Fsp3) is 0.529.